The van der Waals surface area contributed by atoms with Crippen molar-refractivity contribution in [2.24, 2.45) is 13.0 Å². The van der Waals surface area contributed by atoms with Crippen LogP contribution in [-0.2, 0) is 7.05 Å². The van der Waals surface area contributed by atoms with Gasteiger partial charge in [0.2, 0.25) is 0 Å². The van der Waals surface area contributed by atoms with Gasteiger partial charge in [0.05, 0.1) is 12.3 Å². The van der Waals surface area contributed by atoms with Crippen molar-refractivity contribution < 1.29 is 5.11 Å². The number of aromatic nitrogens is 2. The highest BCUT2D eigenvalue weighted by atomic mass is 16.3. The molecule has 0 aromatic carbocycles. The Hall–Kier alpha value is -0.870. The molecule has 2 atom stereocenters. The van der Waals surface area contributed by atoms with Crippen LogP contribution in [0.25, 0.3) is 0 Å². The minimum atomic E-state index is -0.471. The van der Waals surface area contributed by atoms with Gasteiger partial charge in [0.1, 0.15) is 0 Å². The van der Waals surface area contributed by atoms with Crippen molar-refractivity contribution >= 4 is 0 Å². The van der Waals surface area contributed by atoms with E-state index in [0.717, 1.165) is 12.0 Å². The van der Waals surface area contributed by atoms with E-state index < -0.39 is 6.10 Å². The Bertz CT molecular complexity index is 309. The van der Waals surface area contributed by atoms with Gasteiger partial charge in [0.25, 0.3) is 0 Å². The summed E-state index contributed by atoms with van der Waals surface area (Å²) >= 11 is 0. The molecule has 1 aromatic rings. The van der Waals surface area contributed by atoms with Gasteiger partial charge in [-0.25, -0.2) is 0 Å². The fraction of sp³-hybridized carbons (Fsp3) is 0.750. The molecule has 0 aliphatic rings. The van der Waals surface area contributed by atoms with E-state index in [-0.39, 0.29) is 0 Å². The van der Waals surface area contributed by atoms with Crippen LogP contribution in [0.2, 0.25) is 0 Å². The van der Waals surface area contributed by atoms with Gasteiger partial charge in [-0.3, -0.25) is 4.68 Å². The van der Waals surface area contributed by atoms with Crippen LogP contribution < -0.4 is 5.32 Å². The number of nitrogens with one attached hydrogen (secondary N) is 1. The second-order valence-corrected chi connectivity index (χ2v) is 4.63. The van der Waals surface area contributed by atoms with E-state index >= 15 is 0 Å². The van der Waals surface area contributed by atoms with E-state index in [0.29, 0.717) is 18.5 Å². The Labute approximate surface area is 97.7 Å². The molecule has 0 saturated carbocycles. The zero-order valence-corrected chi connectivity index (χ0v) is 10.6. The van der Waals surface area contributed by atoms with E-state index in [9.17, 15) is 5.11 Å². The number of aliphatic hydroxyl groups excluding tert-OH is 1. The second-order valence-electron chi connectivity index (χ2n) is 4.63. The molecule has 1 rings (SSSR count). The molecule has 0 saturated heterocycles. The van der Waals surface area contributed by atoms with Crippen molar-refractivity contribution in [2.75, 3.05) is 6.54 Å². The summed E-state index contributed by atoms with van der Waals surface area (Å²) in [7, 11) is 1.85. The summed E-state index contributed by atoms with van der Waals surface area (Å²) in [5.41, 5.74) is 0.869. The van der Waals surface area contributed by atoms with Crippen LogP contribution in [0.5, 0.6) is 0 Å². The number of aryl methyl sites for hydroxylation is 1. The van der Waals surface area contributed by atoms with Crippen molar-refractivity contribution in [3.63, 3.8) is 0 Å². The first-order chi connectivity index (χ1) is 7.54. The summed E-state index contributed by atoms with van der Waals surface area (Å²) in [6.07, 6.45) is 4.17. The molecule has 4 nitrogen and oxygen atoms in total. The van der Waals surface area contributed by atoms with E-state index in [4.69, 9.17) is 0 Å². The van der Waals surface area contributed by atoms with Gasteiger partial charge in [-0.2, -0.15) is 5.10 Å². The number of rotatable bonds is 6. The maximum Gasteiger partial charge on any atom is 0.0944 e. The Morgan fingerprint density at radius 3 is 2.62 bits per heavy atom. The van der Waals surface area contributed by atoms with Gasteiger partial charge in [-0.1, -0.05) is 20.8 Å². The lowest BCUT2D eigenvalue weighted by atomic mass is 10.0. The molecular formula is C12H23N3O. The van der Waals surface area contributed by atoms with Gasteiger partial charge >= 0.3 is 0 Å². The summed E-state index contributed by atoms with van der Waals surface area (Å²) < 4.78 is 1.71. The molecular weight excluding hydrogens is 202 g/mol. The van der Waals surface area contributed by atoms with Gasteiger partial charge in [0, 0.05) is 31.4 Å². The molecule has 1 heterocycles. The topological polar surface area (TPSA) is 50.1 Å². The predicted octanol–water partition coefficient (Wildman–Crippen LogP) is 1.48. The van der Waals surface area contributed by atoms with Crippen LogP contribution in [-0.4, -0.2) is 27.5 Å². The van der Waals surface area contributed by atoms with E-state index in [1.54, 1.807) is 10.9 Å². The zero-order valence-electron chi connectivity index (χ0n) is 10.6. The monoisotopic (exact) mass is 225 g/mol. The normalized spacial score (nSPS) is 15.4. The highest BCUT2D eigenvalue weighted by Crippen LogP contribution is 2.12. The minimum Gasteiger partial charge on any atom is -0.387 e. The molecule has 4 heteroatoms. The molecule has 0 aliphatic heterocycles. The highest BCUT2D eigenvalue weighted by Gasteiger charge is 2.14. The molecule has 0 bridgehead atoms. The molecule has 0 radical (unpaired) electrons. The van der Waals surface area contributed by atoms with E-state index in [2.05, 4.69) is 31.2 Å². The van der Waals surface area contributed by atoms with Crippen molar-refractivity contribution in [3.8, 4) is 0 Å². The first-order valence-electron chi connectivity index (χ1n) is 5.94. The summed E-state index contributed by atoms with van der Waals surface area (Å²) in [5, 5.41) is 17.4. The maximum absolute atomic E-state index is 9.94. The van der Waals surface area contributed by atoms with E-state index in [1.165, 1.54) is 0 Å². The number of hydrogen-bond donors (Lipinski definition) is 2. The standard InChI is InChI=1S/C12H23N3O/c1-5-11(9(2)3)13-7-12(16)10-6-14-15(4)8-10/h6,8-9,11-13,16H,5,7H2,1-4H3. The lowest BCUT2D eigenvalue weighted by Crippen LogP contribution is -2.36. The molecule has 0 aliphatic carbocycles. The quantitative estimate of drug-likeness (QED) is 0.771. The fourth-order valence-electron chi connectivity index (χ4n) is 1.84. The minimum absolute atomic E-state index is 0.464. The third-order valence-electron chi connectivity index (χ3n) is 2.93. The summed E-state index contributed by atoms with van der Waals surface area (Å²) in [6.45, 7) is 7.13. The Kier molecular flexibility index (Phi) is 4.96. The van der Waals surface area contributed by atoms with Crippen LogP contribution in [0, 0.1) is 5.92 Å². The first-order valence-corrected chi connectivity index (χ1v) is 5.94. The molecule has 2 unspecified atom stereocenters. The van der Waals surface area contributed by atoms with Crippen LogP contribution >= 0.6 is 0 Å². The summed E-state index contributed by atoms with van der Waals surface area (Å²) in [6, 6.07) is 0.464. The average molecular weight is 225 g/mol. The molecule has 0 fully saturated rings. The summed E-state index contributed by atoms with van der Waals surface area (Å²) in [4.78, 5) is 0. The molecule has 2 N–H and O–H groups in total. The van der Waals surface area contributed by atoms with E-state index in [1.807, 2.05) is 13.2 Å². The Morgan fingerprint density at radius 2 is 2.19 bits per heavy atom. The fourth-order valence-corrected chi connectivity index (χ4v) is 1.84. The van der Waals surface area contributed by atoms with Crippen LogP contribution in [0.4, 0.5) is 0 Å². The SMILES string of the molecule is CCC(NCC(O)c1cnn(C)c1)C(C)C. The third-order valence-corrected chi connectivity index (χ3v) is 2.93. The number of aliphatic hydroxyl groups is 1. The smallest absolute Gasteiger partial charge is 0.0944 e. The molecule has 0 spiro atoms. The summed E-state index contributed by atoms with van der Waals surface area (Å²) in [5.74, 6) is 0.589. The second kappa shape index (κ2) is 6.01. The lowest BCUT2D eigenvalue weighted by molar-refractivity contribution is 0.165. The highest BCUT2D eigenvalue weighted by molar-refractivity contribution is 5.08. The lowest BCUT2D eigenvalue weighted by Gasteiger charge is -2.22. The van der Waals surface area contributed by atoms with Gasteiger partial charge in [0.15, 0.2) is 0 Å². The van der Waals surface area contributed by atoms with Crippen molar-refractivity contribution in [1.29, 1.82) is 0 Å². The number of hydrogen-bond acceptors (Lipinski definition) is 3. The van der Waals surface area contributed by atoms with Crippen molar-refractivity contribution in [3.05, 3.63) is 18.0 Å². The van der Waals surface area contributed by atoms with Gasteiger partial charge < -0.3 is 10.4 Å². The van der Waals surface area contributed by atoms with Crippen LogP contribution in [0.15, 0.2) is 12.4 Å². The third kappa shape index (κ3) is 3.61. The molecule has 92 valence electrons. The van der Waals surface area contributed by atoms with Crippen molar-refractivity contribution in [2.45, 2.75) is 39.3 Å². The van der Waals surface area contributed by atoms with Crippen molar-refractivity contribution in [1.82, 2.24) is 15.1 Å². The van der Waals surface area contributed by atoms with Gasteiger partial charge in [-0.15, -0.1) is 0 Å². The maximum atomic E-state index is 9.94. The zero-order chi connectivity index (χ0) is 12.1. The predicted molar refractivity (Wildman–Crippen MR) is 65.1 cm³/mol. The van der Waals surface area contributed by atoms with Gasteiger partial charge in [-0.05, 0) is 12.3 Å². The largest absolute Gasteiger partial charge is 0.387 e. The van der Waals surface area contributed by atoms with Crippen LogP contribution in [0.3, 0.4) is 0 Å². The first kappa shape index (κ1) is 13.2. The number of nitrogens with zero attached hydrogens (tertiary/aromatic N) is 2. The average Bonchev–Trinajstić information content (AvgIpc) is 2.65. The molecule has 1 aromatic heterocycles. The Balaban J connectivity index is 2.43. The molecule has 16 heavy (non-hydrogen) atoms. The molecule has 0 amide bonds. The Morgan fingerprint density at radius 1 is 1.50 bits per heavy atom. The van der Waals surface area contributed by atoms with Crippen LogP contribution in [0.1, 0.15) is 38.9 Å².